The van der Waals surface area contributed by atoms with E-state index < -0.39 is 0 Å². The van der Waals surface area contributed by atoms with Gasteiger partial charge in [-0.1, -0.05) is 13.8 Å². The summed E-state index contributed by atoms with van der Waals surface area (Å²) in [6.07, 6.45) is 0. The third-order valence-electron chi connectivity index (χ3n) is 3.88. The largest absolute Gasteiger partial charge is 0.487 e. The average Bonchev–Trinajstić information content (AvgIpc) is 3.00. The van der Waals surface area contributed by atoms with Crippen LogP contribution >= 0.6 is 11.3 Å². The Morgan fingerprint density at radius 1 is 1.26 bits per heavy atom. The van der Waals surface area contributed by atoms with Crippen LogP contribution in [-0.2, 0) is 6.61 Å². The van der Waals surface area contributed by atoms with E-state index in [9.17, 15) is 4.79 Å². The molecule has 5 heteroatoms. The fourth-order valence-corrected chi connectivity index (χ4v) is 3.15. The predicted octanol–water partition coefficient (Wildman–Crippen LogP) is 4.57. The monoisotopic (exact) mass is 329 g/mol. The maximum Gasteiger partial charge on any atom is 0.339 e. The van der Waals surface area contributed by atoms with Crippen molar-refractivity contribution in [2.75, 3.05) is 0 Å². The van der Waals surface area contributed by atoms with Crippen molar-refractivity contribution < 1.29 is 9.15 Å². The summed E-state index contributed by atoms with van der Waals surface area (Å²) in [5.41, 5.74) is 2.77. The molecule has 0 radical (unpaired) electrons. The molecule has 23 heavy (non-hydrogen) atoms. The molecule has 0 atom stereocenters. The van der Waals surface area contributed by atoms with Crippen LogP contribution in [0.25, 0.3) is 11.0 Å². The van der Waals surface area contributed by atoms with Crippen molar-refractivity contribution in [2.45, 2.75) is 40.2 Å². The van der Waals surface area contributed by atoms with Crippen LogP contribution in [0.1, 0.15) is 41.6 Å². The highest BCUT2D eigenvalue weighted by Gasteiger charge is 2.10. The van der Waals surface area contributed by atoms with Gasteiger partial charge in [0.1, 0.15) is 17.9 Å². The van der Waals surface area contributed by atoms with Gasteiger partial charge in [-0.2, -0.15) is 0 Å². The van der Waals surface area contributed by atoms with E-state index in [2.05, 4.69) is 18.8 Å². The fraction of sp³-hybridized carbons (Fsp3) is 0.333. The number of hydrogen-bond acceptors (Lipinski definition) is 5. The van der Waals surface area contributed by atoms with Gasteiger partial charge in [0.25, 0.3) is 0 Å². The van der Waals surface area contributed by atoms with Crippen molar-refractivity contribution in [3.05, 3.63) is 55.8 Å². The van der Waals surface area contributed by atoms with Crippen LogP contribution in [-0.4, -0.2) is 4.98 Å². The molecule has 0 aliphatic carbocycles. The minimum Gasteiger partial charge on any atom is -0.487 e. The number of thiazole rings is 1. The van der Waals surface area contributed by atoms with Gasteiger partial charge < -0.3 is 9.15 Å². The summed E-state index contributed by atoms with van der Waals surface area (Å²) >= 11 is 1.65. The van der Waals surface area contributed by atoms with Crippen LogP contribution < -0.4 is 10.4 Å². The third kappa shape index (κ3) is 3.15. The molecule has 120 valence electrons. The maximum atomic E-state index is 11.8. The minimum atomic E-state index is -0.298. The van der Waals surface area contributed by atoms with Crippen LogP contribution in [0.5, 0.6) is 5.75 Å². The molecule has 0 saturated carbocycles. The summed E-state index contributed by atoms with van der Waals surface area (Å²) < 4.78 is 11.1. The Hall–Kier alpha value is -2.14. The van der Waals surface area contributed by atoms with Crippen molar-refractivity contribution in [1.82, 2.24) is 4.98 Å². The second kappa shape index (κ2) is 6.16. The van der Waals surface area contributed by atoms with E-state index in [-0.39, 0.29) is 5.63 Å². The molecule has 2 aromatic heterocycles. The molecule has 1 aromatic carbocycles. The Bertz CT molecular complexity index is 908. The van der Waals surface area contributed by atoms with Gasteiger partial charge in [-0.05, 0) is 31.5 Å². The molecule has 0 saturated heterocycles. The number of benzene rings is 1. The van der Waals surface area contributed by atoms with Gasteiger partial charge in [-0.3, -0.25) is 0 Å². The Balaban J connectivity index is 1.83. The van der Waals surface area contributed by atoms with E-state index >= 15 is 0 Å². The summed E-state index contributed by atoms with van der Waals surface area (Å²) in [4.78, 5) is 16.3. The first-order valence-electron chi connectivity index (χ1n) is 7.57. The second-order valence-electron chi connectivity index (χ2n) is 5.92. The number of nitrogens with zero attached hydrogens (tertiary/aromatic N) is 1. The number of aromatic nitrogens is 1. The van der Waals surface area contributed by atoms with E-state index in [1.807, 2.05) is 24.4 Å². The molecule has 2 heterocycles. The Morgan fingerprint density at radius 2 is 2.04 bits per heavy atom. The first-order chi connectivity index (χ1) is 11.0. The van der Waals surface area contributed by atoms with Crippen LogP contribution in [0.3, 0.4) is 0 Å². The lowest BCUT2D eigenvalue weighted by atomic mass is 10.1. The van der Waals surface area contributed by atoms with Gasteiger partial charge in [0.15, 0.2) is 0 Å². The van der Waals surface area contributed by atoms with Crippen LogP contribution in [0, 0.1) is 13.8 Å². The highest BCUT2D eigenvalue weighted by atomic mass is 32.1. The lowest BCUT2D eigenvalue weighted by Crippen LogP contribution is -2.05. The molecule has 0 fully saturated rings. The van der Waals surface area contributed by atoms with Crippen molar-refractivity contribution in [3.8, 4) is 5.75 Å². The van der Waals surface area contributed by atoms with Crippen molar-refractivity contribution in [2.24, 2.45) is 0 Å². The number of fused-ring (bicyclic) bond motifs is 1. The molecule has 0 amide bonds. The van der Waals surface area contributed by atoms with Crippen LogP contribution in [0.4, 0.5) is 0 Å². The van der Waals surface area contributed by atoms with E-state index in [1.54, 1.807) is 24.3 Å². The van der Waals surface area contributed by atoms with Crippen LogP contribution in [0.15, 0.2) is 32.8 Å². The Labute approximate surface area is 138 Å². The van der Waals surface area contributed by atoms with E-state index in [0.717, 1.165) is 21.7 Å². The first kappa shape index (κ1) is 15.7. The number of rotatable bonds is 4. The zero-order valence-corrected chi connectivity index (χ0v) is 14.5. The molecule has 0 N–H and O–H groups in total. The quantitative estimate of drug-likeness (QED) is 0.658. The van der Waals surface area contributed by atoms with E-state index in [0.29, 0.717) is 29.4 Å². The Kier molecular flexibility index (Phi) is 4.22. The standard InChI is InChI=1S/C18H19NO3S/c1-10(2)17-19-13(9-23-17)8-21-14-5-6-15-11(3)12(4)18(20)22-16(15)7-14/h5-7,9-10H,8H2,1-4H3. The van der Waals surface area contributed by atoms with Gasteiger partial charge in [0.05, 0.1) is 10.7 Å². The summed E-state index contributed by atoms with van der Waals surface area (Å²) in [7, 11) is 0. The Morgan fingerprint density at radius 3 is 2.74 bits per heavy atom. The van der Waals surface area contributed by atoms with Crippen molar-refractivity contribution in [1.29, 1.82) is 0 Å². The van der Waals surface area contributed by atoms with Gasteiger partial charge in [0, 0.05) is 28.3 Å². The normalized spacial score (nSPS) is 11.3. The predicted molar refractivity (Wildman–Crippen MR) is 92.5 cm³/mol. The zero-order chi connectivity index (χ0) is 16.6. The van der Waals surface area contributed by atoms with Gasteiger partial charge in [-0.15, -0.1) is 11.3 Å². The first-order valence-corrected chi connectivity index (χ1v) is 8.45. The molecular formula is C18H19NO3S. The molecule has 0 unspecified atom stereocenters. The van der Waals surface area contributed by atoms with Crippen molar-refractivity contribution >= 4 is 22.3 Å². The van der Waals surface area contributed by atoms with Gasteiger partial charge in [0.2, 0.25) is 0 Å². The summed E-state index contributed by atoms with van der Waals surface area (Å²) in [6.45, 7) is 8.36. The molecule has 3 aromatic rings. The van der Waals surface area contributed by atoms with E-state index in [4.69, 9.17) is 9.15 Å². The fourth-order valence-electron chi connectivity index (χ4n) is 2.33. The number of ether oxygens (including phenoxy) is 1. The maximum absolute atomic E-state index is 11.8. The summed E-state index contributed by atoms with van der Waals surface area (Å²) in [5, 5.41) is 4.06. The zero-order valence-electron chi connectivity index (χ0n) is 13.7. The third-order valence-corrected chi connectivity index (χ3v) is 5.07. The smallest absolute Gasteiger partial charge is 0.339 e. The molecular weight excluding hydrogens is 310 g/mol. The SMILES string of the molecule is Cc1c(C)c2ccc(OCc3csc(C(C)C)n3)cc2oc1=O. The molecule has 0 bridgehead atoms. The molecule has 4 nitrogen and oxygen atoms in total. The topological polar surface area (TPSA) is 52.3 Å². The second-order valence-corrected chi connectivity index (χ2v) is 6.81. The van der Waals surface area contributed by atoms with Gasteiger partial charge in [-0.25, -0.2) is 9.78 Å². The lowest BCUT2D eigenvalue weighted by Gasteiger charge is -2.07. The van der Waals surface area contributed by atoms with Crippen molar-refractivity contribution in [3.63, 3.8) is 0 Å². The summed E-state index contributed by atoms with van der Waals surface area (Å²) in [6, 6.07) is 5.58. The lowest BCUT2D eigenvalue weighted by molar-refractivity contribution is 0.301. The van der Waals surface area contributed by atoms with Crippen LogP contribution in [0.2, 0.25) is 0 Å². The average molecular weight is 329 g/mol. The summed E-state index contributed by atoms with van der Waals surface area (Å²) in [5.74, 6) is 1.10. The minimum absolute atomic E-state index is 0.298. The number of aryl methyl sites for hydroxylation is 1. The highest BCUT2D eigenvalue weighted by molar-refractivity contribution is 7.09. The molecule has 3 rings (SSSR count). The molecule has 0 aliphatic heterocycles. The molecule has 0 aliphatic rings. The molecule has 0 spiro atoms. The van der Waals surface area contributed by atoms with Gasteiger partial charge >= 0.3 is 5.63 Å². The highest BCUT2D eigenvalue weighted by Crippen LogP contribution is 2.25. The number of hydrogen-bond donors (Lipinski definition) is 0. The van der Waals surface area contributed by atoms with E-state index in [1.165, 1.54) is 0 Å².